The summed E-state index contributed by atoms with van der Waals surface area (Å²) in [6.45, 7) is 22.3. The van der Waals surface area contributed by atoms with E-state index in [-0.39, 0.29) is 45.5 Å². The van der Waals surface area contributed by atoms with Crippen LogP contribution in [0.2, 0.25) is 22.2 Å². The van der Waals surface area contributed by atoms with Crippen LogP contribution in [0.25, 0.3) is 11.2 Å². The predicted octanol–water partition coefficient (Wildman–Crippen LogP) is 4.40. The Kier molecular flexibility index (Phi) is 8.82. The Hall–Kier alpha value is -1.62. The van der Waals surface area contributed by atoms with Gasteiger partial charge in [-0.3, -0.25) is 14.3 Å². The molecule has 11 nitrogen and oxygen atoms in total. The van der Waals surface area contributed by atoms with Crippen molar-refractivity contribution in [3.63, 3.8) is 0 Å². The first-order valence-electron chi connectivity index (χ1n) is 14.3. The number of nitrogens with one attached hydrogen (secondary N) is 2. The van der Waals surface area contributed by atoms with E-state index in [1.807, 2.05) is 0 Å². The molecule has 0 spiro atoms. The zero-order valence-corrected chi connectivity index (χ0v) is 27.0. The fourth-order valence-corrected chi connectivity index (χ4v) is 17.1. The molecule has 2 aliphatic rings. The highest BCUT2D eigenvalue weighted by Crippen LogP contribution is 2.48. The van der Waals surface area contributed by atoms with Crippen LogP contribution in [0.3, 0.4) is 0 Å². The Morgan fingerprint density at radius 1 is 1.05 bits per heavy atom. The maximum absolute atomic E-state index is 13.1. The highest BCUT2D eigenvalue weighted by Gasteiger charge is 2.61. The minimum Gasteiger partial charge on any atom is -0.414 e. The number of hydrogen-bond acceptors (Lipinski definition) is 9. The van der Waals surface area contributed by atoms with E-state index < -0.39 is 41.7 Å². The first-order chi connectivity index (χ1) is 18.2. The summed E-state index contributed by atoms with van der Waals surface area (Å²) in [4.78, 5) is 24.8. The number of imidazole rings is 1. The number of fused-ring (bicyclic) bond motifs is 2. The summed E-state index contributed by atoms with van der Waals surface area (Å²) < 4.78 is 29.0. The second-order valence-corrected chi connectivity index (χ2v) is 21.5. The molecule has 3 N–H and O–H groups in total. The van der Waals surface area contributed by atoms with Crippen LogP contribution in [-0.2, 0) is 17.7 Å². The number of H-pyrrole nitrogens is 1. The van der Waals surface area contributed by atoms with Crippen molar-refractivity contribution in [1.82, 2.24) is 19.5 Å². The molecular formula is C26H47N5O6Si2. The fourth-order valence-electron chi connectivity index (χ4n) is 5.90. The van der Waals surface area contributed by atoms with E-state index in [9.17, 15) is 9.90 Å². The van der Waals surface area contributed by atoms with Crippen molar-refractivity contribution in [2.75, 3.05) is 18.5 Å². The summed E-state index contributed by atoms with van der Waals surface area (Å²) in [6, 6.07) is 0. The molecule has 2 fully saturated rings. The summed E-state index contributed by atoms with van der Waals surface area (Å²) in [7, 11) is -5.67. The van der Waals surface area contributed by atoms with E-state index >= 15 is 0 Å². The number of aromatic nitrogens is 4. The van der Waals surface area contributed by atoms with Crippen molar-refractivity contribution in [1.29, 1.82) is 0 Å². The SMILES string of the molecule is CC(C)CNc1nc2ncn([C@@H]3O[C@@H]4CO[Si](C(C)C)(C(C)C)O[Si](C(C)C)(C(C)C)O[C@H]4[C@H]3O)c2c(=O)[nH]1. The average molecular weight is 582 g/mol. The molecule has 2 aliphatic heterocycles. The first kappa shape index (κ1) is 30.3. The molecular weight excluding hydrogens is 534 g/mol. The van der Waals surface area contributed by atoms with Crippen LogP contribution in [0.15, 0.2) is 11.1 Å². The van der Waals surface area contributed by atoms with Gasteiger partial charge in [0.05, 0.1) is 6.61 Å². The van der Waals surface area contributed by atoms with Gasteiger partial charge in [-0.05, 0) is 28.1 Å². The molecule has 2 aromatic rings. The minimum absolute atomic E-state index is 0.119. The van der Waals surface area contributed by atoms with E-state index in [0.717, 1.165) is 0 Å². The van der Waals surface area contributed by atoms with Crippen molar-refractivity contribution >= 4 is 34.2 Å². The molecule has 13 heteroatoms. The van der Waals surface area contributed by atoms with Crippen molar-refractivity contribution in [3.8, 4) is 0 Å². The minimum atomic E-state index is -2.93. The number of hydrogen-bond donors (Lipinski definition) is 3. The average Bonchev–Trinajstić information content (AvgIpc) is 3.38. The molecule has 4 atom stereocenters. The zero-order chi connectivity index (χ0) is 28.9. The van der Waals surface area contributed by atoms with Crippen LogP contribution >= 0.6 is 0 Å². The highest BCUT2D eigenvalue weighted by atomic mass is 28.5. The monoisotopic (exact) mass is 581 g/mol. The Labute approximate surface area is 233 Å². The van der Waals surface area contributed by atoms with Crippen LogP contribution in [-0.4, -0.2) is 73.2 Å². The molecule has 4 heterocycles. The molecule has 220 valence electrons. The lowest BCUT2D eigenvalue weighted by molar-refractivity contribution is -0.0569. The molecule has 0 unspecified atom stereocenters. The normalized spacial score (nSPS) is 27.1. The summed E-state index contributed by atoms with van der Waals surface area (Å²) in [5, 5.41) is 14.8. The molecule has 39 heavy (non-hydrogen) atoms. The quantitative estimate of drug-likeness (QED) is 0.388. The molecule has 2 aromatic heterocycles. The smallest absolute Gasteiger partial charge is 0.335 e. The van der Waals surface area contributed by atoms with Crippen molar-refractivity contribution < 1.29 is 22.8 Å². The Balaban J connectivity index is 1.73. The molecule has 2 saturated heterocycles. The molecule has 0 aliphatic carbocycles. The lowest BCUT2D eigenvalue weighted by atomic mass is 10.1. The van der Waals surface area contributed by atoms with Crippen LogP contribution in [0.4, 0.5) is 5.95 Å². The Morgan fingerprint density at radius 2 is 1.67 bits per heavy atom. The van der Waals surface area contributed by atoms with Crippen molar-refractivity contribution in [2.45, 2.75) is 116 Å². The Morgan fingerprint density at radius 3 is 2.23 bits per heavy atom. The van der Waals surface area contributed by atoms with Gasteiger partial charge in [-0.15, -0.1) is 0 Å². The van der Waals surface area contributed by atoms with Crippen LogP contribution in [0, 0.1) is 5.92 Å². The van der Waals surface area contributed by atoms with E-state index in [1.54, 1.807) is 4.57 Å². The fraction of sp³-hybridized carbons (Fsp3) is 0.808. The van der Waals surface area contributed by atoms with Gasteiger partial charge in [0.2, 0.25) is 5.95 Å². The molecule has 0 aromatic carbocycles. The third-order valence-corrected chi connectivity index (χ3v) is 18.3. The number of aromatic amines is 1. The van der Waals surface area contributed by atoms with Crippen molar-refractivity contribution in [3.05, 3.63) is 16.7 Å². The van der Waals surface area contributed by atoms with Crippen molar-refractivity contribution in [2.24, 2.45) is 5.92 Å². The second-order valence-electron chi connectivity index (χ2n) is 12.6. The van der Waals surface area contributed by atoms with Gasteiger partial charge in [-0.2, -0.15) is 4.98 Å². The number of aliphatic hydroxyl groups excluding tert-OH is 1. The van der Waals surface area contributed by atoms with Crippen LogP contribution in [0.1, 0.15) is 75.5 Å². The number of ether oxygens (including phenoxy) is 1. The van der Waals surface area contributed by atoms with E-state index in [2.05, 4.69) is 89.5 Å². The third kappa shape index (κ3) is 5.38. The molecule has 0 saturated carbocycles. The van der Waals surface area contributed by atoms with E-state index in [0.29, 0.717) is 18.4 Å². The summed E-state index contributed by atoms with van der Waals surface area (Å²) >= 11 is 0. The predicted molar refractivity (Wildman–Crippen MR) is 155 cm³/mol. The van der Waals surface area contributed by atoms with Gasteiger partial charge in [-0.25, -0.2) is 4.98 Å². The number of aliphatic hydroxyl groups is 1. The van der Waals surface area contributed by atoms with Gasteiger partial charge in [-0.1, -0.05) is 69.2 Å². The summed E-state index contributed by atoms with van der Waals surface area (Å²) in [5.41, 5.74) is 0.801. The van der Waals surface area contributed by atoms with Gasteiger partial charge in [0.15, 0.2) is 17.4 Å². The van der Waals surface area contributed by atoms with Gasteiger partial charge < -0.3 is 28.1 Å². The third-order valence-electron chi connectivity index (χ3n) is 8.03. The van der Waals surface area contributed by atoms with E-state index in [1.165, 1.54) is 6.33 Å². The molecule has 0 amide bonds. The highest BCUT2D eigenvalue weighted by molar-refractivity contribution is 6.84. The summed E-state index contributed by atoms with van der Waals surface area (Å²) in [6.07, 6.45) is -1.65. The van der Waals surface area contributed by atoms with Gasteiger partial charge in [0.1, 0.15) is 24.6 Å². The summed E-state index contributed by atoms with van der Waals surface area (Å²) in [5.74, 6) is 0.747. The van der Waals surface area contributed by atoms with E-state index in [4.69, 9.17) is 17.7 Å². The maximum Gasteiger partial charge on any atom is 0.335 e. The number of anilines is 1. The van der Waals surface area contributed by atoms with Gasteiger partial charge in [0, 0.05) is 6.54 Å². The van der Waals surface area contributed by atoms with Crippen LogP contribution < -0.4 is 10.9 Å². The molecule has 4 rings (SSSR count). The Bertz CT molecular complexity index is 1180. The standard InChI is InChI=1S/C26H47N5O6Si2/c1-14(2)11-27-26-29-23-20(24(33)30-26)31(13-28-23)25-21(32)22-19(35-25)12-34-38(15(3)4,16(5)6)37-39(36-22,17(7)8)18(9)10/h13-19,21-22,25,32H,11-12H2,1-10H3,(H2,27,29,30,33)/t19-,21-,22-,25-/m1/s1. The lowest BCUT2D eigenvalue weighted by Crippen LogP contribution is -2.65. The van der Waals surface area contributed by atoms with Gasteiger partial charge in [0.25, 0.3) is 5.56 Å². The second kappa shape index (κ2) is 11.3. The molecule has 0 bridgehead atoms. The van der Waals surface area contributed by atoms with Crippen LogP contribution in [0.5, 0.6) is 0 Å². The molecule has 0 radical (unpaired) electrons. The largest absolute Gasteiger partial charge is 0.414 e. The topological polar surface area (TPSA) is 133 Å². The first-order valence-corrected chi connectivity index (χ1v) is 18.2. The van der Waals surface area contributed by atoms with Gasteiger partial charge >= 0.3 is 17.1 Å². The number of nitrogens with zero attached hydrogens (tertiary/aromatic N) is 3. The zero-order valence-electron chi connectivity index (χ0n) is 25.0. The number of rotatable bonds is 8. The maximum atomic E-state index is 13.1. The lowest BCUT2D eigenvalue weighted by Gasteiger charge is -2.51.